The van der Waals surface area contributed by atoms with Crippen LogP contribution in [0.5, 0.6) is 0 Å². The molecule has 0 aliphatic heterocycles. The number of fused-ring (bicyclic) bond motifs is 6. The van der Waals surface area contributed by atoms with Crippen molar-refractivity contribution >= 4 is 17.5 Å². The molecule has 2 aromatic heterocycles. The molecule has 0 amide bonds. The fourth-order valence-corrected chi connectivity index (χ4v) is 6.78. The molecule has 0 bridgehead atoms. The maximum Gasteiger partial charge on any atom is 0.259 e. The van der Waals surface area contributed by atoms with E-state index in [2.05, 4.69) is 57.6 Å². The van der Waals surface area contributed by atoms with Crippen molar-refractivity contribution in [2.45, 2.75) is 62.6 Å². The number of nitrogens with zero attached hydrogens (tertiary/aromatic N) is 4. The van der Waals surface area contributed by atoms with E-state index in [1.54, 1.807) is 11.8 Å². The molecule has 6 heteroatoms. The first-order valence-electron chi connectivity index (χ1n) is 12.5. The Morgan fingerprint density at radius 2 is 1.77 bits per heavy atom. The van der Waals surface area contributed by atoms with E-state index in [4.69, 9.17) is 0 Å². The largest absolute Gasteiger partial charge is 0.272 e. The average molecular weight is 483 g/mol. The molecule has 2 aliphatic carbocycles. The van der Waals surface area contributed by atoms with E-state index in [0.717, 1.165) is 71.0 Å². The molecular formula is C29H30N4OS. The van der Waals surface area contributed by atoms with E-state index in [9.17, 15) is 4.79 Å². The summed E-state index contributed by atoms with van der Waals surface area (Å²) in [5.41, 5.74) is 6.58. The van der Waals surface area contributed by atoms with Crippen molar-refractivity contribution in [3.63, 3.8) is 0 Å². The molecular weight excluding hydrogens is 452 g/mol. The van der Waals surface area contributed by atoms with Crippen molar-refractivity contribution in [3.8, 4) is 11.3 Å². The van der Waals surface area contributed by atoms with Gasteiger partial charge in [-0.25, -0.2) is 0 Å². The Kier molecular flexibility index (Phi) is 5.64. The number of hydrogen-bond donors (Lipinski definition) is 0. The minimum absolute atomic E-state index is 0.0941. The van der Waals surface area contributed by atoms with Crippen molar-refractivity contribution in [2.75, 3.05) is 5.75 Å². The summed E-state index contributed by atoms with van der Waals surface area (Å²) in [6, 6.07) is 18.8. The zero-order valence-electron chi connectivity index (χ0n) is 20.2. The molecule has 2 aliphatic rings. The Balaban J connectivity index is 1.69. The standard InChI is InChI=1S/C29H30N4OS/c1-20(2)19-35-28-31-30-27-32(18-21-11-5-3-6-12-21)26(34)24-25(33(27)28)23-14-8-7-13-22(23)17-29(24)15-9-4-10-16-29/h3,5-8,11-14H,1,4,9-10,15-19H2,2H3. The van der Waals surface area contributed by atoms with Crippen LogP contribution in [-0.2, 0) is 18.4 Å². The fourth-order valence-electron chi connectivity index (χ4n) is 6.01. The summed E-state index contributed by atoms with van der Waals surface area (Å²) in [7, 11) is 0. The molecule has 178 valence electrons. The van der Waals surface area contributed by atoms with E-state index in [0.29, 0.717) is 12.3 Å². The van der Waals surface area contributed by atoms with E-state index in [-0.39, 0.29) is 11.0 Å². The molecule has 0 N–H and O–H groups in total. The van der Waals surface area contributed by atoms with Crippen LogP contribution in [-0.4, -0.2) is 24.9 Å². The molecule has 0 radical (unpaired) electrons. The van der Waals surface area contributed by atoms with Gasteiger partial charge in [0.1, 0.15) is 0 Å². The minimum Gasteiger partial charge on any atom is -0.272 e. The van der Waals surface area contributed by atoms with Crippen molar-refractivity contribution in [1.82, 2.24) is 19.2 Å². The van der Waals surface area contributed by atoms with Gasteiger partial charge in [-0.2, -0.15) is 0 Å². The smallest absolute Gasteiger partial charge is 0.259 e. The van der Waals surface area contributed by atoms with Crippen molar-refractivity contribution in [3.05, 3.63) is 93.8 Å². The quantitative estimate of drug-likeness (QED) is 0.257. The summed E-state index contributed by atoms with van der Waals surface area (Å²) >= 11 is 1.64. The molecule has 1 spiro atoms. The topological polar surface area (TPSA) is 52.2 Å². The Bertz CT molecular complexity index is 1480. The van der Waals surface area contributed by atoms with Crippen LogP contribution < -0.4 is 5.56 Å². The third kappa shape index (κ3) is 3.75. The van der Waals surface area contributed by atoms with Crippen LogP contribution in [0.1, 0.15) is 55.7 Å². The van der Waals surface area contributed by atoms with Crippen LogP contribution in [0.4, 0.5) is 0 Å². The highest BCUT2D eigenvalue weighted by atomic mass is 32.2. The highest BCUT2D eigenvalue weighted by molar-refractivity contribution is 7.99. The molecule has 0 atom stereocenters. The molecule has 0 unspecified atom stereocenters. The monoisotopic (exact) mass is 482 g/mol. The molecule has 2 aromatic carbocycles. The zero-order chi connectivity index (χ0) is 24.0. The number of aromatic nitrogens is 4. The lowest BCUT2D eigenvalue weighted by Crippen LogP contribution is -2.43. The van der Waals surface area contributed by atoms with Crippen molar-refractivity contribution < 1.29 is 0 Å². The number of hydrogen-bond acceptors (Lipinski definition) is 4. The van der Waals surface area contributed by atoms with Crippen LogP contribution in [0.2, 0.25) is 0 Å². The molecule has 5 nitrogen and oxygen atoms in total. The van der Waals surface area contributed by atoms with Gasteiger partial charge in [0.05, 0.1) is 12.2 Å². The second kappa shape index (κ2) is 8.83. The van der Waals surface area contributed by atoms with Gasteiger partial charge in [0, 0.05) is 22.3 Å². The van der Waals surface area contributed by atoms with Crippen molar-refractivity contribution in [1.29, 1.82) is 0 Å². The minimum atomic E-state index is -0.133. The van der Waals surface area contributed by atoms with Gasteiger partial charge >= 0.3 is 0 Å². The maximum absolute atomic E-state index is 14.5. The second-order valence-corrected chi connectivity index (χ2v) is 11.1. The van der Waals surface area contributed by atoms with Gasteiger partial charge in [-0.15, -0.1) is 10.2 Å². The molecule has 6 rings (SSSR count). The molecule has 2 heterocycles. The number of thioether (sulfide) groups is 1. The van der Waals surface area contributed by atoms with Gasteiger partial charge in [0.2, 0.25) is 5.78 Å². The Hall–Kier alpha value is -3.12. The summed E-state index contributed by atoms with van der Waals surface area (Å²) in [5.74, 6) is 1.38. The van der Waals surface area contributed by atoms with Gasteiger partial charge in [-0.3, -0.25) is 13.8 Å². The Labute approximate surface area is 209 Å². The normalized spacial score (nSPS) is 16.3. The Morgan fingerprint density at radius 3 is 2.54 bits per heavy atom. The lowest BCUT2D eigenvalue weighted by atomic mass is 9.62. The van der Waals surface area contributed by atoms with Gasteiger partial charge < -0.3 is 0 Å². The van der Waals surface area contributed by atoms with Crippen LogP contribution in [0.3, 0.4) is 0 Å². The second-order valence-electron chi connectivity index (χ2n) is 10.1. The van der Waals surface area contributed by atoms with Crippen LogP contribution in [0.25, 0.3) is 17.0 Å². The SMILES string of the molecule is C=C(C)CSc1nnc2n(Cc3ccccc3)c(=O)c3c(n12)-c1ccccc1CC31CCCCC1. The third-order valence-electron chi connectivity index (χ3n) is 7.55. The summed E-state index contributed by atoms with van der Waals surface area (Å²) in [6.07, 6.45) is 6.60. The molecule has 0 saturated heterocycles. The van der Waals surface area contributed by atoms with Gasteiger partial charge in [0.15, 0.2) is 5.16 Å². The van der Waals surface area contributed by atoms with Gasteiger partial charge in [-0.1, -0.05) is 97.8 Å². The lowest BCUT2D eigenvalue weighted by Gasteiger charge is -2.42. The van der Waals surface area contributed by atoms with Crippen LogP contribution in [0.15, 0.2) is 76.7 Å². The highest BCUT2D eigenvalue weighted by Crippen LogP contribution is 2.49. The van der Waals surface area contributed by atoms with E-state index >= 15 is 0 Å². The zero-order valence-corrected chi connectivity index (χ0v) is 21.0. The van der Waals surface area contributed by atoms with Crippen LogP contribution in [0, 0.1) is 0 Å². The summed E-state index contributed by atoms with van der Waals surface area (Å²) < 4.78 is 4.03. The highest BCUT2D eigenvalue weighted by Gasteiger charge is 2.44. The van der Waals surface area contributed by atoms with Crippen molar-refractivity contribution in [2.24, 2.45) is 0 Å². The van der Waals surface area contributed by atoms with E-state index in [1.165, 1.54) is 12.0 Å². The first kappa shape index (κ1) is 22.4. The van der Waals surface area contributed by atoms with Gasteiger partial charge in [0.25, 0.3) is 5.56 Å². The summed E-state index contributed by atoms with van der Waals surface area (Å²) in [5, 5.41) is 10.0. The van der Waals surface area contributed by atoms with E-state index in [1.807, 2.05) is 29.7 Å². The van der Waals surface area contributed by atoms with E-state index < -0.39 is 0 Å². The van der Waals surface area contributed by atoms with Crippen LogP contribution >= 0.6 is 11.8 Å². The fraction of sp³-hybridized carbons (Fsp3) is 0.345. The van der Waals surface area contributed by atoms with Gasteiger partial charge in [-0.05, 0) is 37.3 Å². The third-order valence-corrected chi connectivity index (χ3v) is 8.71. The number of benzene rings is 2. The lowest BCUT2D eigenvalue weighted by molar-refractivity contribution is 0.283. The molecule has 1 saturated carbocycles. The number of rotatable bonds is 5. The maximum atomic E-state index is 14.5. The summed E-state index contributed by atoms with van der Waals surface area (Å²) in [4.78, 5) is 14.5. The first-order chi connectivity index (χ1) is 17.1. The Morgan fingerprint density at radius 1 is 1.03 bits per heavy atom. The predicted molar refractivity (Wildman–Crippen MR) is 142 cm³/mol. The first-order valence-corrected chi connectivity index (χ1v) is 13.5. The molecule has 1 fully saturated rings. The predicted octanol–water partition coefficient (Wildman–Crippen LogP) is 6.03. The molecule has 4 aromatic rings. The summed E-state index contributed by atoms with van der Waals surface area (Å²) in [6.45, 7) is 6.60. The molecule has 35 heavy (non-hydrogen) atoms. The average Bonchev–Trinajstić information content (AvgIpc) is 3.29.